The molecule has 0 atom stereocenters. The molecule has 0 saturated carbocycles. The molecule has 3 aromatic rings. The molecule has 2 aromatic carbocycles. The molecule has 20 heavy (non-hydrogen) atoms. The van der Waals surface area contributed by atoms with E-state index < -0.39 is 0 Å². The lowest BCUT2D eigenvalue weighted by atomic mass is 10.2. The van der Waals surface area contributed by atoms with Crippen LogP contribution in [0.5, 0.6) is 0 Å². The van der Waals surface area contributed by atoms with Gasteiger partial charge in [0.25, 0.3) is 0 Å². The normalized spacial score (nSPS) is 10.5. The number of halogens is 1. The van der Waals surface area contributed by atoms with Crippen LogP contribution < -0.4 is 5.32 Å². The van der Waals surface area contributed by atoms with Crippen molar-refractivity contribution in [3.05, 3.63) is 64.5 Å². The highest BCUT2D eigenvalue weighted by molar-refractivity contribution is 7.14. The Balaban J connectivity index is 1.86. The second-order valence-corrected chi connectivity index (χ2v) is 5.78. The Morgan fingerprint density at radius 3 is 2.75 bits per heavy atom. The van der Waals surface area contributed by atoms with Gasteiger partial charge in [0, 0.05) is 21.7 Å². The summed E-state index contributed by atoms with van der Waals surface area (Å²) in [6.07, 6.45) is 0. The van der Waals surface area contributed by atoms with Gasteiger partial charge in [-0.2, -0.15) is 0 Å². The average Bonchev–Trinajstić information content (AvgIpc) is 2.87. The van der Waals surface area contributed by atoms with E-state index in [9.17, 15) is 0 Å². The number of nitrogens with zero attached hydrogens (tertiary/aromatic N) is 1. The van der Waals surface area contributed by atoms with Crippen molar-refractivity contribution in [2.45, 2.75) is 6.92 Å². The molecule has 0 radical (unpaired) electrons. The maximum absolute atomic E-state index is 6.19. The number of hydrogen-bond acceptors (Lipinski definition) is 3. The summed E-state index contributed by atoms with van der Waals surface area (Å²) >= 11 is 7.77. The minimum absolute atomic E-state index is 0.722. The zero-order valence-corrected chi connectivity index (χ0v) is 12.5. The summed E-state index contributed by atoms with van der Waals surface area (Å²) in [5.41, 5.74) is 4.13. The molecule has 1 heterocycles. The van der Waals surface area contributed by atoms with Gasteiger partial charge in [-0.1, -0.05) is 41.9 Å². The smallest absolute Gasteiger partial charge is 0.187 e. The Morgan fingerprint density at radius 1 is 1.10 bits per heavy atom. The Hall–Kier alpha value is -1.84. The van der Waals surface area contributed by atoms with Gasteiger partial charge in [-0.3, -0.25) is 0 Å². The molecule has 0 bridgehead atoms. The lowest BCUT2D eigenvalue weighted by molar-refractivity contribution is 1.37. The Morgan fingerprint density at radius 2 is 1.95 bits per heavy atom. The SMILES string of the molecule is Cc1cccc(Nc2nc(-c3ccccc3Cl)cs2)c1. The molecule has 1 aromatic heterocycles. The molecule has 0 amide bonds. The predicted molar refractivity (Wildman–Crippen MR) is 87.0 cm³/mol. The van der Waals surface area contributed by atoms with Crippen molar-refractivity contribution in [2.24, 2.45) is 0 Å². The summed E-state index contributed by atoms with van der Waals surface area (Å²) in [6.45, 7) is 2.07. The maximum atomic E-state index is 6.19. The molecule has 1 N–H and O–H groups in total. The van der Waals surface area contributed by atoms with E-state index in [4.69, 9.17) is 11.6 Å². The monoisotopic (exact) mass is 300 g/mol. The van der Waals surface area contributed by atoms with E-state index in [0.29, 0.717) is 0 Å². The number of thiazole rings is 1. The van der Waals surface area contributed by atoms with E-state index in [2.05, 4.69) is 29.4 Å². The summed E-state index contributed by atoms with van der Waals surface area (Å²) in [7, 11) is 0. The minimum atomic E-state index is 0.722. The number of rotatable bonds is 3. The van der Waals surface area contributed by atoms with E-state index in [0.717, 1.165) is 27.1 Å². The third kappa shape index (κ3) is 2.84. The first-order chi connectivity index (χ1) is 9.72. The maximum Gasteiger partial charge on any atom is 0.187 e. The summed E-state index contributed by atoms with van der Waals surface area (Å²) in [6, 6.07) is 16.0. The predicted octanol–water partition coefficient (Wildman–Crippen LogP) is 5.52. The number of anilines is 2. The van der Waals surface area contributed by atoms with Gasteiger partial charge in [-0.25, -0.2) is 4.98 Å². The van der Waals surface area contributed by atoms with Crippen LogP contribution in [0.4, 0.5) is 10.8 Å². The van der Waals surface area contributed by atoms with E-state index in [1.807, 2.05) is 41.8 Å². The topological polar surface area (TPSA) is 24.9 Å². The first-order valence-electron chi connectivity index (χ1n) is 6.26. The van der Waals surface area contributed by atoms with Gasteiger partial charge < -0.3 is 5.32 Å². The van der Waals surface area contributed by atoms with Gasteiger partial charge in [0.1, 0.15) is 0 Å². The summed E-state index contributed by atoms with van der Waals surface area (Å²) in [5, 5.41) is 6.92. The lowest BCUT2D eigenvalue weighted by Crippen LogP contribution is -1.90. The minimum Gasteiger partial charge on any atom is -0.332 e. The van der Waals surface area contributed by atoms with Crippen molar-refractivity contribution in [3.63, 3.8) is 0 Å². The number of aromatic nitrogens is 1. The fourth-order valence-electron chi connectivity index (χ4n) is 1.97. The van der Waals surface area contributed by atoms with Crippen LogP contribution in [-0.2, 0) is 0 Å². The highest BCUT2D eigenvalue weighted by Crippen LogP contribution is 2.31. The first-order valence-corrected chi connectivity index (χ1v) is 7.52. The van der Waals surface area contributed by atoms with Crippen molar-refractivity contribution in [1.82, 2.24) is 4.98 Å². The molecular weight excluding hydrogens is 288 g/mol. The van der Waals surface area contributed by atoms with Crippen LogP contribution in [-0.4, -0.2) is 4.98 Å². The summed E-state index contributed by atoms with van der Waals surface area (Å²) in [4.78, 5) is 4.59. The van der Waals surface area contributed by atoms with Crippen molar-refractivity contribution in [1.29, 1.82) is 0 Å². The zero-order chi connectivity index (χ0) is 13.9. The standard InChI is InChI=1S/C16H13ClN2S/c1-11-5-4-6-12(9-11)18-16-19-15(10-20-16)13-7-2-3-8-14(13)17/h2-10H,1H3,(H,18,19). The molecule has 0 saturated heterocycles. The second-order valence-electron chi connectivity index (χ2n) is 4.51. The fraction of sp³-hybridized carbons (Fsp3) is 0.0625. The van der Waals surface area contributed by atoms with E-state index in [1.165, 1.54) is 5.56 Å². The Labute approximate surface area is 127 Å². The zero-order valence-electron chi connectivity index (χ0n) is 10.9. The largest absolute Gasteiger partial charge is 0.332 e. The fourth-order valence-corrected chi connectivity index (χ4v) is 2.93. The highest BCUT2D eigenvalue weighted by Gasteiger charge is 2.07. The molecule has 4 heteroatoms. The molecular formula is C16H13ClN2S. The third-order valence-corrected chi connectivity index (χ3v) is 4.01. The van der Waals surface area contributed by atoms with Crippen molar-refractivity contribution >= 4 is 33.8 Å². The summed E-state index contributed by atoms with van der Waals surface area (Å²) in [5.74, 6) is 0. The number of hydrogen-bond donors (Lipinski definition) is 1. The van der Waals surface area contributed by atoms with Crippen LogP contribution in [0.1, 0.15) is 5.56 Å². The van der Waals surface area contributed by atoms with Gasteiger partial charge in [0.15, 0.2) is 5.13 Å². The molecule has 0 unspecified atom stereocenters. The van der Waals surface area contributed by atoms with Crippen molar-refractivity contribution < 1.29 is 0 Å². The van der Waals surface area contributed by atoms with Crippen LogP contribution in [0, 0.1) is 6.92 Å². The van der Waals surface area contributed by atoms with Gasteiger partial charge in [-0.05, 0) is 30.7 Å². The number of aryl methyl sites for hydroxylation is 1. The average molecular weight is 301 g/mol. The Bertz CT molecular complexity index is 737. The quantitative estimate of drug-likeness (QED) is 0.689. The molecule has 100 valence electrons. The van der Waals surface area contributed by atoms with Crippen molar-refractivity contribution in [3.8, 4) is 11.3 Å². The van der Waals surface area contributed by atoms with Gasteiger partial charge in [-0.15, -0.1) is 11.3 Å². The van der Waals surface area contributed by atoms with E-state index >= 15 is 0 Å². The molecule has 0 aliphatic rings. The molecule has 0 spiro atoms. The van der Waals surface area contributed by atoms with E-state index in [-0.39, 0.29) is 0 Å². The van der Waals surface area contributed by atoms with Crippen LogP contribution in [0.25, 0.3) is 11.3 Å². The third-order valence-electron chi connectivity index (χ3n) is 2.92. The number of benzene rings is 2. The highest BCUT2D eigenvalue weighted by atomic mass is 35.5. The molecule has 2 nitrogen and oxygen atoms in total. The van der Waals surface area contributed by atoms with Gasteiger partial charge >= 0.3 is 0 Å². The van der Waals surface area contributed by atoms with Gasteiger partial charge in [0.2, 0.25) is 0 Å². The Kier molecular flexibility index (Phi) is 3.72. The van der Waals surface area contributed by atoms with Crippen LogP contribution >= 0.6 is 22.9 Å². The molecule has 0 aliphatic carbocycles. The van der Waals surface area contributed by atoms with Crippen LogP contribution in [0.2, 0.25) is 5.02 Å². The molecule has 0 aliphatic heterocycles. The van der Waals surface area contributed by atoms with Crippen LogP contribution in [0.3, 0.4) is 0 Å². The molecule has 0 fully saturated rings. The lowest BCUT2D eigenvalue weighted by Gasteiger charge is -2.03. The molecule has 3 rings (SSSR count). The second kappa shape index (κ2) is 5.65. The summed E-state index contributed by atoms with van der Waals surface area (Å²) < 4.78 is 0. The van der Waals surface area contributed by atoms with Crippen molar-refractivity contribution in [2.75, 3.05) is 5.32 Å². The number of nitrogens with one attached hydrogen (secondary N) is 1. The first kappa shape index (κ1) is 13.2. The van der Waals surface area contributed by atoms with Gasteiger partial charge in [0.05, 0.1) is 5.69 Å². The van der Waals surface area contributed by atoms with Crippen LogP contribution in [0.15, 0.2) is 53.9 Å². The van der Waals surface area contributed by atoms with E-state index in [1.54, 1.807) is 11.3 Å².